The molecule has 4 rings (SSSR count). The van der Waals surface area contributed by atoms with Crippen molar-refractivity contribution in [2.75, 3.05) is 10.0 Å². The Hall–Kier alpha value is -4.27. The molecule has 0 aliphatic carbocycles. The molecule has 2 aromatic carbocycles. The van der Waals surface area contributed by atoms with Gasteiger partial charge in [-0.1, -0.05) is 42.1 Å². The first kappa shape index (κ1) is 25.8. The van der Waals surface area contributed by atoms with Gasteiger partial charge in [-0.25, -0.2) is 28.1 Å². The molecule has 9 nitrogen and oxygen atoms in total. The van der Waals surface area contributed by atoms with Crippen molar-refractivity contribution in [2.45, 2.75) is 29.0 Å². The molecule has 1 amide bonds. The van der Waals surface area contributed by atoms with E-state index in [1.54, 1.807) is 32.0 Å². The van der Waals surface area contributed by atoms with Gasteiger partial charge in [-0.15, -0.1) is 0 Å². The molecule has 11 heteroatoms. The Labute approximate surface area is 219 Å². The van der Waals surface area contributed by atoms with Gasteiger partial charge in [0.05, 0.1) is 21.4 Å². The molecule has 186 valence electrons. The van der Waals surface area contributed by atoms with Crippen LogP contribution >= 0.6 is 11.8 Å². The minimum atomic E-state index is -3.90. The minimum Gasteiger partial charge on any atom is -0.325 e. The second-order valence-electron chi connectivity index (χ2n) is 7.93. The summed E-state index contributed by atoms with van der Waals surface area (Å²) in [6, 6.07) is 22.6. The summed E-state index contributed by atoms with van der Waals surface area (Å²) >= 11 is 1.18. The Balaban J connectivity index is 1.43. The van der Waals surface area contributed by atoms with Crippen LogP contribution in [0.3, 0.4) is 0 Å². The highest BCUT2D eigenvalue weighted by Gasteiger charge is 2.20. The number of rotatable bonds is 8. The number of aryl methyl sites for hydroxylation is 1. The lowest BCUT2D eigenvalue weighted by Gasteiger charge is -2.14. The molecule has 0 aliphatic heterocycles. The van der Waals surface area contributed by atoms with E-state index in [1.165, 1.54) is 42.2 Å². The number of nitrogens with one attached hydrogen (secondary N) is 2. The Morgan fingerprint density at radius 1 is 1.00 bits per heavy atom. The van der Waals surface area contributed by atoms with Crippen molar-refractivity contribution in [3.63, 3.8) is 0 Å². The number of aromatic nitrogens is 3. The number of amides is 1. The van der Waals surface area contributed by atoms with Crippen LogP contribution in [0.5, 0.6) is 0 Å². The summed E-state index contributed by atoms with van der Waals surface area (Å²) in [5.41, 5.74) is 3.04. The van der Waals surface area contributed by atoms with Gasteiger partial charge in [0, 0.05) is 23.1 Å². The summed E-state index contributed by atoms with van der Waals surface area (Å²) in [7, 11) is -3.90. The van der Waals surface area contributed by atoms with Crippen molar-refractivity contribution in [3.8, 4) is 17.3 Å². The number of hydrogen-bond donors (Lipinski definition) is 2. The molecule has 0 spiro atoms. The van der Waals surface area contributed by atoms with Crippen LogP contribution in [0.25, 0.3) is 11.3 Å². The maximum Gasteiger partial charge on any atom is 0.264 e. The summed E-state index contributed by atoms with van der Waals surface area (Å²) in [4.78, 5) is 25.4. The number of sulfonamides is 1. The Morgan fingerprint density at radius 2 is 1.73 bits per heavy atom. The van der Waals surface area contributed by atoms with E-state index in [0.29, 0.717) is 27.7 Å². The lowest BCUT2D eigenvalue weighted by molar-refractivity contribution is -0.115. The van der Waals surface area contributed by atoms with Crippen molar-refractivity contribution in [2.24, 2.45) is 0 Å². The molecular formula is C26H22N6O3S2. The second kappa shape index (κ2) is 11.2. The monoisotopic (exact) mass is 530 g/mol. The Kier molecular flexibility index (Phi) is 7.81. The summed E-state index contributed by atoms with van der Waals surface area (Å²) in [5, 5.41) is 12.2. The molecule has 0 radical (unpaired) electrons. The number of nitrogens with zero attached hydrogens (tertiary/aromatic N) is 4. The second-order valence-corrected chi connectivity index (χ2v) is 10.9. The van der Waals surface area contributed by atoms with Gasteiger partial charge >= 0.3 is 0 Å². The van der Waals surface area contributed by atoms with Crippen LogP contribution in [0.2, 0.25) is 0 Å². The summed E-state index contributed by atoms with van der Waals surface area (Å²) in [6.07, 6.45) is 1.46. The molecular weight excluding hydrogens is 508 g/mol. The van der Waals surface area contributed by atoms with E-state index in [-0.39, 0.29) is 16.8 Å². The van der Waals surface area contributed by atoms with Gasteiger partial charge in [0.15, 0.2) is 0 Å². The van der Waals surface area contributed by atoms with E-state index in [1.807, 2.05) is 30.3 Å². The summed E-state index contributed by atoms with van der Waals surface area (Å²) < 4.78 is 27.6. The fourth-order valence-electron chi connectivity index (χ4n) is 3.24. The maximum atomic E-state index is 12.8. The highest BCUT2D eigenvalue weighted by molar-refractivity contribution is 8.00. The van der Waals surface area contributed by atoms with Crippen LogP contribution in [0, 0.1) is 18.3 Å². The van der Waals surface area contributed by atoms with Crippen molar-refractivity contribution < 1.29 is 13.2 Å². The third-order valence-corrected chi connectivity index (χ3v) is 7.61. The van der Waals surface area contributed by atoms with E-state index in [9.17, 15) is 18.5 Å². The van der Waals surface area contributed by atoms with Crippen molar-refractivity contribution in [3.05, 3.63) is 90.3 Å². The highest BCUT2D eigenvalue weighted by Crippen LogP contribution is 2.29. The minimum absolute atomic E-state index is 0.00128. The molecule has 0 bridgehead atoms. The normalized spacial score (nSPS) is 11.8. The lowest BCUT2D eigenvalue weighted by Crippen LogP contribution is -2.22. The quantitative estimate of drug-likeness (QED) is 0.314. The molecule has 2 N–H and O–H groups in total. The third kappa shape index (κ3) is 6.49. The molecule has 0 fully saturated rings. The number of pyridine rings is 1. The number of carbonyl (C=O) groups is 1. The number of anilines is 2. The smallest absolute Gasteiger partial charge is 0.264 e. The van der Waals surface area contributed by atoms with Gasteiger partial charge in [0.2, 0.25) is 11.9 Å². The fourth-order valence-corrected chi connectivity index (χ4v) is 5.09. The number of nitriles is 1. The molecule has 0 aliphatic rings. The van der Waals surface area contributed by atoms with Gasteiger partial charge in [0.1, 0.15) is 11.1 Å². The predicted octanol–water partition coefficient (Wildman–Crippen LogP) is 4.64. The third-order valence-electron chi connectivity index (χ3n) is 5.16. The van der Waals surface area contributed by atoms with Gasteiger partial charge in [-0.05, 0) is 56.3 Å². The zero-order chi connectivity index (χ0) is 26.4. The molecule has 2 heterocycles. The van der Waals surface area contributed by atoms with E-state index < -0.39 is 15.3 Å². The van der Waals surface area contributed by atoms with Crippen molar-refractivity contribution in [1.29, 1.82) is 5.26 Å². The number of thioether (sulfide) groups is 1. The molecule has 1 unspecified atom stereocenters. The van der Waals surface area contributed by atoms with Gasteiger partial charge in [-0.2, -0.15) is 5.26 Å². The topological polar surface area (TPSA) is 138 Å². The first-order valence-corrected chi connectivity index (χ1v) is 13.5. The molecule has 0 saturated heterocycles. The maximum absolute atomic E-state index is 12.8. The van der Waals surface area contributed by atoms with Crippen LogP contribution in [-0.4, -0.2) is 34.5 Å². The van der Waals surface area contributed by atoms with Crippen molar-refractivity contribution >= 4 is 39.3 Å². The first-order valence-electron chi connectivity index (χ1n) is 11.1. The first-order chi connectivity index (χ1) is 17.7. The highest BCUT2D eigenvalue weighted by atomic mass is 32.2. The molecule has 37 heavy (non-hydrogen) atoms. The molecule has 2 aromatic heterocycles. The van der Waals surface area contributed by atoms with Crippen LogP contribution in [0.4, 0.5) is 11.6 Å². The summed E-state index contributed by atoms with van der Waals surface area (Å²) in [5.74, 6) is -0.340. The number of benzene rings is 2. The average Bonchev–Trinajstić information content (AvgIpc) is 2.89. The Bertz CT molecular complexity index is 1570. The van der Waals surface area contributed by atoms with Crippen LogP contribution in [0.1, 0.15) is 18.2 Å². The predicted molar refractivity (Wildman–Crippen MR) is 142 cm³/mol. The van der Waals surface area contributed by atoms with Crippen LogP contribution < -0.4 is 10.0 Å². The van der Waals surface area contributed by atoms with Gasteiger partial charge < -0.3 is 5.32 Å². The average molecular weight is 531 g/mol. The van der Waals surface area contributed by atoms with Crippen LogP contribution in [0.15, 0.2) is 88.9 Å². The molecule has 4 aromatic rings. The van der Waals surface area contributed by atoms with Crippen molar-refractivity contribution in [1.82, 2.24) is 15.0 Å². The zero-order valence-electron chi connectivity index (χ0n) is 19.9. The van der Waals surface area contributed by atoms with E-state index in [2.05, 4.69) is 31.1 Å². The van der Waals surface area contributed by atoms with Crippen LogP contribution in [-0.2, 0) is 14.8 Å². The molecule has 1 atom stereocenters. The number of hydrogen-bond acceptors (Lipinski definition) is 8. The number of carbonyl (C=O) groups excluding carboxylic acids is 1. The largest absolute Gasteiger partial charge is 0.325 e. The van der Waals surface area contributed by atoms with E-state index in [0.717, 1.165) is 5.56 Å². The lowest BCUT2D eigenvalue weighted by atomic mass is 10.1. The Morgan fingerprint density at radius 3 is 2.41 bits per heavy atom. The SMILES string of the molecule is Cc1ccnc(NS(=O)(=O)c2ccc(NC(=O)C(C)Sc3nc(-c4ccccc4)ccc3C#N)cc2)n1. The van der Waals surface area contributed by atoms with E-state index >= 15 is 0 Å². The van der Waals surface area contributed by atoms with Gasteiger partial charge in [0.25, 0.3) is 10.0 Å². The molecule has 0 saturated carbocycles. The van der Waals surface area contributed by atoms with Gasteiger partial charge in [-0.3, -0.25) is 4.79 Å². The standard InChI is InChI=1S/C26H22N6O3S2/c1-17-14-15-28-26(29-17)32-37(34,35)22-11-9-21(10-12-22)30-24(33)18(2)36-25-20(16-27)8-13-23(31-25)19-6-4-3-5-7-19/h3-15,18H,1-2H3,(H,30,33)(H,28,29,32). The van der Waals surface area contributed by atoms with E-state index in [4.69, 9.17) is 0 Å². The summed E-state index contributed by atoms with van der Waals surface area (Å²) in [6.45, 7) is 3.44. The fraction of sp³-hybridized carbons (Fsp3) is 0.115. The zero-order valence-corrected chi connectivity index (χ0v) is 21.5.